The summed E-state index contributed by atoms with van der Waals surface area (Å²) in [6, 6.07) is 8.20. The maximum atomic E-state index is 10.9. The molecule has 0 unspecified atom stereocenters. The summed E-state index contributed by atoms with van der Waals surface area (Å²) < 4.78 is 0. The number of phenols is 2. The van der Waals surface area contributed by atoms with Crippen molar-refractivity contribution in [3.63, 3.8) is 0 Å². The molecule has 0 saturated carbocycles. The molecule has 0 saturated heterocycles. The van der Waals surface area contributed by atoms with Crippen LogP contribution < -0.4 is 0 Å². The number of hydrogen-bond donors (Lipinski definition) is 2. The minimum Gasteiger partial charge on any atom is -0.507 e. The summed E-state index contributed by atoms with van der Waals surface area (Å²) in [7, 11) is 0. The SMILES string of the molecule is C=C(C)c1cc(CC)cc(Cc2cc(CC)cc(C(C)(C)C)c2O)c1O. The van der Waals surface area contributed by atoms with Gasteiger partial charge in [0.05, 0.1) is 0 Å². The smallest absolute Gasteiger partial charge is 0.126 e. The molecule has 0 aliphatic rings. The highest BCUT2D eigenvalue weighted by molar-refractivity contribution is 5.69. The van der Waals surface area contributed by atoms with Crippen molar-refractivity contribution in [2.75, 3.05) is 0 Å². The molecular formula is C24H32O2. The van der Waals surface area contributed by atoms with E-state index in [0.717, 1.165) is 46.2 Å². The number of aryl methyl sites for hydroxylation is 2. The zero-order valence-corrected chi connectivity index (χ0v) is 17.0. The van der Waals surface area contributed by atoms with Gasteiger partial charge in [-0.05, 0) is 64.6 Å². The number of hydrogen-bond acceptors (Lipinski definition) is 2. The zero-order chi connectivity index (χ0) is 19.6. The number of phenolic OH excluding ortho intramolecular Hbond substituents is 2. The van der Waals surface area contributed by atoms with Gasteiger partial charge in [0, 0.05) is 12.0 Å². The highest BCUT2D eigenvalue weighted by Crippen LogP contribution is 2.38. The topological polar surface area (TPSA) is 40.5 Å². The van der Waals surface area contributed by atoms with Crippen LogP contribution in [0.3, 0.4) is 0 Å². The molecule has 2 heteroatoms. The van der Waals surface area contributed by atoms with Crippen LogP contribution in [0.4, 0.5) is 0 Å². The van der Waals surface area contributed by atoms with Crippen LogP contribution in [0, 0.1) is 0 Å². The molecule has 2 aromatic carbocycles. The third-order valence-corrected chi connectivity index (χ3v) is 4.96. The van der Waals surface area contributed by atoms with Crippen molar-refractivity contribution in [1.82, 2.24) is 0 Å². The van der Waals surface area contributed by atoms with Crippen molar-refractivity contribution in [3.8, 4) is 11.5 Å². The van der Waals surface area contributed by atoms with Gasteiger partial charge in [-0.1, -0.05) is 59.4 Å². The first-order chi connectivity index (χ1) is 12.1. The molecule has 0 amide bonds. The zero-order valence-electron chi connectivity index (χ0n) is 17.0. The third kappa shape index (κ3) is 4.12. The van der Waals surface area contributed by atoms with Crippen LogP contribution >= 0.6 is 0 Å². The summed E-state index contributed by atoms with van der Waals surface area (Å²) in [4.78, 5) is 0. The number of rotatable bonds is 5. The summed E-state index contributed by atoms with van der Waals surface area (Å²) in [5.41, 5.74) is 6.53. The largest absolute Gasteiger partial charge is 0.507 e. The second kappa shape index (κ2) is 7.57. The van der Waals surface area contributed by atoms with Gasteiger partial charge in [-0.2, -0.15) is 0 Å². The van der Waals surface area contributed by atoms with Crippen molar-refractivity contribution in [1.29, 1.82) is 0 Å². The molecule has 0 atom stereocenters. The average molecular weight is 353 g/mol. The van der Waals surface area contributed by atoms with Crippen molar-refractivity contribution in [3.05, 3.63) is 64.2 Å². The second-order valence-electron chi connectivity index (χ2n) is 8.22. The summed E-state index contributed by atoms with van der Waals surface area (Å²) in [6.45, 7) is 16.5. The fourth-order valence-electron chi connectivity index (χ4n) is 3.30. The van der Waals surface area contributed by atoms with E-state index in [2.05, 4.69) is 53.3 Å². The van der Waals surface area contributed by atoms with Gasteiger partial charge in [-0.3, -0.25) is 0 Å². The van der Waals surface area contributed by atoms with Gasteiger partial charge in [-0.25, -0.2) is 0 Å². The molecule has 2 aromatic rings. The van der Waals surface area contributed by atoms with E-state index in [1.54, 1.807) is 0 Å². The lowest BCUT2D eigenvalue weighted by Gasteiger charge is -2.24. The Morgan fingerprint density at radius 2 is 1.38 bits per heavy atom. The van der Waals surface area contributed by atoms with Crippen LogP contribution in [0.1, 0.15) is 74.9 Å². The van der Waals surface area contributed by atoms with Crippen molar-refractivity contribution < 1.29 is 10.2 Å². The Balaban J connectivity index is 2.62. The van der Waals surface area contributed by atoms with Gasteiger partial charge in [0.2, 0.25) is 0 Å². The highest BCUT2D eigenvalue weighted by Gasteiger charge is 2.22. The predicted octanol–water partition coefficient (Wildman–Crippen LogP) is 6.14. The highest BCUT2D eigenvalue weighted by atomic mass is 16.3. The molecule has 0 aromatic heterocycles. The molecule has 0 aliphatic carbocycles. The summed E-state index contributed by atoms with van der Waals surface area (Å²) in [5, 5.41) is 21.6. The molecule has 2 N–H and O–H groups in total. The van der Waals surface area contributed by atoms with E-state index in [-0.39, 0.29) is 11.2 Å². The van der Waals surface area contributed by atoms with Crippen LogP contribution in [-0.2, 0) is 24.7 Å². The molecule has 0 radical (unpaired) electrons. The normalized spacial score (nSPS) is 11.6. The van der Waals surface area contributed by atoms with E-state index >= 15 is 0 Å². The Labute approximate surface area is 158 Å². The van der Waals surface area contributed by atoms with Crippen LogP contribution in [-0.4, -0.2) is 10.2 Å². The average Bonchev–Trinajstić information content (AvgIpc) is 2.56. The molecule has 0 bridgehead atoms. The van der Waals surface area contributed by atoms with Gasteiger partial charge in [-0.15, -0.1) is 0 Å². The molecule has 2 nitrogen and oxygen atoms in total. The Morgan fingerprint density at radius 3 is 1.85 bits per heavy atom. The first kappa shape index (κ1) is 20.1. The molecule has 2 rings (SSSR count). The van der Waals surface area contributed by atoms with Gasteiger partial charge in [0.1, 0.15) is 11.5 Å². The fraction of sp³-hybridized carbons (Fsp3) is 0.417. The lowest BCUT2D eigenvalue weighted by Crippen LogP contribution is -2.13. The molecule has 26 heavy (non-hydrogen) atoms. The first-order valence-electron chi connectivity index (χ1n) is 9.44. The van der Waals surface area contributed by atoms with Gasteiger partial charge in [0.15, 0.2) is 0 Å². The molecular weight excluding hydrogens is 320 g/mol. The summed E-state index contributed by atoms with van der Waals surface area (Å²) in [5.74, 6) is 0.612. The van der Waals surface area contributed by atoms with Gasteiger partial charge < -0.3 is 10.2 Å². The molecule has 0 heterocycles. The Kier molecular flexibility index (Phi) is 5.85. The number of aromatic hydroxyl groups is 2. The monoisotopic (exact) mass is 352 g/mol. The lowest BCUT2D eigenvalue weighted by atomic mass is 9.82. The van der Waals surface area contributed by atoms with E-state index < -0.39 is 0 Å². The van der Waals surface area contributed by atoms with Crippen LogP contribution in [0.15, 0.2) is 30.8 Å². The van der Waals surface area contributed by atoms with E-state index in [1.807, 2.05) is 19.1 Å². The maximum absolute atomic E-state index is 10.9. The molecule has 140 valence electrons. The first-order valence-corrected chi connectivity index (χ1v) is 9.44. The van der Waals surface area contributed by atoms with Gasteiger partial charge >= 0.3 is 0 Å². The van der Waals surface area contributed by atoms with Crippen molar-refractivity contribution >= 4 is 5.57 Å². The van der Waals surface area contributed by atoms with E-state index in [1.165, 1.54) is 5.56 Å². The maximum Gasteiger partial charge on any atom is 0.126 e. The third-order valence-electron chi connectivity index (χ3n) is 4.96. The number of allylic oxidation sites excluding steroid dienone is 1. The minimum absolute atomic E-state index is 0.139. The number of benzene rings is 2. The molecule has 0 fully saturated rings. The van der Waals surface area contributed by atoms with E-state index in [9.17, 15) is 10.2 Å². The fourth-order valence-corrected chi connectivity index (χ4v) is 3.30. The van der Waals surface area contributed by atoms with Crippen LogP contribution in [0.2, 0.25) is 0 Å². The van der Waals surface area contributed by atoms with Crippen molar-refractivity contribution in [2.24, 2.45) is 0 Å². The van der Waals surface area contributed by atoms with Crippen LogP contribution in [0.25, 0.3) is 5.57 Å². The lowest BCUT2D eigenvalue weighted by molar-refractivity contribution is 0.439. The minimum atomic E-state index is -0.139. The standard InChI is InChI=1S/C24H32O2/c1-8-16-10-18(22(25)20(12-16)15(3)4)14-19-11-17(9-2)13-21(23(19)26)24(5,6)7/h10-13,25-26H,3,8-9,14H2,1-2,4-7H3. The Hall–Kier alpha value is -2.22. The predicted molar refractivity (Wildman–Crippen MR) is 111 cm³/mol. The van der Waals surface area contributed by atoms with E-state index in [4.69, 9.17) is 0 Å². The Bertz CT molecular complexity index is 823. The Morgan fingerprint density at radius 1 is 0.885 bits per heavy atom. The van der Waals surface area contributed by atoms with Crippen molar-refractivity contribution in [2.45, 2.75) is 66.2 Å². The quantitative estimate of drug-likeness (QED) is 0.678. The molecule has 0 aliphatic heterocycles. The summed E-state index contributed by atoms with van der Waals surface area (Å²) >= 11 is 0. The van der Waals surface area contributed by atoms with Crippen LogP contribution in [0.5, 0.6) is 11.5 Å². The van der Waals surface area contributed by atoms with Gasteiger partial charge in [0.25, 0.3) is 0 Å². The summed E-state index contributed by atoms with van der Waals surface area (Å²) in [6.07, 6.45) is 2.30. The molecule has 0 spiro atoms. The second-order valence-corrected chi connectivity index (χ2v) is 8.22. The van der Waals surface area contributed by atoms with E-state index in [0.29, 0.717) is 12.2 Å².